The number of nitrogens with zero attached hydrogens (tertiary/aromatic N) is 1. The number of hydrogen-bond acceptors (Lipinski definition) is 2. The molecule has 6 heteroatoms. The van der Waals surface area contributed by atoms with Crippen LogP contribution in [0.15, 0.2) is 18.2 Å². The smallest absolute Gasteiger partial charge is 0.212 e. The van der Waals surface area contributed by atoms with E-state index in [4.69, 9.17) is 23.2 Å². The molecule has 0 aliphatic heterocycles. The first-order valence-electron chi connectivity index (χ1n) is 5.33. The second kappa shape index (κ2) is 6.05. The molecule has 0 heterocycles. The van der Waals surface area contributed by atoms with Crippen molar-refractivity contribution in [2.45, 2.75) is 19.6 Å². The van der Waals surface area contributed by atoms with E-state index in [2.05, 4.69) is 0 Å². The second-order valence-electron chi connectivity index (χ2n) is 3.54. The van der Waals surface area contributed by atoms with Gasteiger partial charge < -0.3 is 0 Å². The molecular formula is C11H15Cl2NO2S. The molecule has 0 aliphatic carbocycles. The molecule has 1 aromatic rings. The Morgan fingerprint density at radius 3 is 2.00 bits per heavy atom. The van der Waals surface area contributed by atoms with Crippen molar-refractivity contribution >= 4 is 33.2 Å². The predicted octanol–water partition coefficient (Wildman–Crippen LogP) is 3.17. The largest absolute Gasteiger partial charge is 0.218 e. The highest BCUT2D eigenvalue weighted by atomic mass is 35.5. The summed E-state index contributed by atoms with van der Waals surface area (Å²) in [6.45, 7) is 4.49. The molecule has 1 aromatic carbocycles. The van der Waals surface area contributed by atoms with Crippen LogP contribution in [0.3, 0.4) is 0 Å². The summed E-state index contributed by atoms with van der Waals surface area (Å²) >= 11 is 11.9. The Morgan fingerprint density at radius 2 is 1.59 bits per heavy atom. The van der Waals surface area contributed by atoms with E-state index in [0.29, 0.717) is 28.7 Å². The molecule has 0 aliphatic rings. The van der Waals surface area contributed by atoms with E-state index >= 15 is 0 Å². The summed E-state index contributed by atoms with van der Waals surface area (Å²) in [6.07, 6.45) is 0. The molecular weight excluding hydrogens is 281 g/mol. The van der Waals surface area contributed by atoms with Crippen LogP contribution in [0, 0.1) is 0 Å². The topological polar surface area (TPSA) is 37.4 Å². The Labute approximate surface area is 112 Å². The number of halogens is 2. The van der Waals surface area contributed by atoms with E-state index in [9.17, 15) is 8.42 Å². The van der Waals surface area contributed by atoms with Crippen molar-refractivity contribution in [2.75, 3.05) is 13.1 Å². The molecule has 0 bridgehead atoms. The van der Waals surface area contributed by atoms with Gasteiger partial charge in [0.1, 0.15) is 0 Å². The molecule has 17 heavy (non-hydrogen) atoms. The minimum absolute atomic E-state index is 0.160. The van der Waals surface area contributed by atoms with Gasteiger partial charge in [0.05, 0.1) is 5.75 Å². The molecule has 0 unspecified atom stereocenters. The van der Waals surface area contributed by atoms with Crippen molar-refractivity contribution in [1.29, 1.82) is 0 Å². The Balaban J connectivity index is 3.06. The van der Waals surface area contributed by atoms with E-state index in [1.54, 1.807) is 32.0 Å². The van der Waals surface area contributed by atoms with Gasteiger partial charge >= 0.3 is 0 Å². The first-order valence-corrected chi connectivity index (χ1v) is 7.69. The zero-order valence-corrected chi connectivity index (χ0v) is 12.1. The Kier molecular flexibility index (Phi) is 5.25. The van der Waals surface area contributed by atoms with Gasteiger partial charge in [-0.15, -0.1) is 0 Å². The summed E-state index contributed by atoms with van der Waals surface area (Å²) in [5.74, 6) is -0.160. The standard InChI is InChI=1S/C11H15Cl2NO2S/c1-3-14(4-2)17(15,16)8-9-10(12)6-5-7-11(9)13/h5-7H,3-4,8H2,1-2H3. The third kappa shape index (κ3) is 3.58. The fraction of sp³-hybridized carbons (Fsp3) is 0.455. The molecule has 0 saturated heterocycles. The maximum absolute atomic E-state index is 12.1. The van der Waals surface area contributed by atoms with Crippen LogP contribution in [0.1, 0.15) is 19.4 Å². The SMILES string of the molecule is CCN(CC)S(=O)(=O)Cc1c(Cl)cccc1Cl. The minimum atomic E-state index is -3.36. The lowest BCUT2D eigenvalue weighted by atomic mass is 10.2. The zero-order valence-electron chi connectivity index (χ0n) is 9.78. The fourth-order valence-corrected chi connectivity index (χ4v) is 3.90. The van der Waals surface area contributed by atoms with E-state index in [1.807, 2.05) is 0 Å². The molecule has 3 nitrogen and oxygen atoms in total. The molecule has 0 fully saturated rings. The first-order chi connectivity index (χ1) is 7.92. The fourth-order valence-electron chi connectivity index (χ4n) is 1.56. The van der Waals surface area contributed by atoms with Gasteiger partial charge in [0.15, 0.2) is 0 Å². The quantitative estimate of drug-likeness (QED) is 0.837. The second-order valence-corrected chi connectivity index (χ2v) is 6.32. The van der Waals surface area contributed by atoms with Crippen molar-refractivity contribution in [1.82, 2.24) is 4.31 Å². The van der Waals surface area contributed by atoms with Crippen LogP contribution in [-0.2, 0) is 15.8 Å². The molecule has 1 rings (SSSR count). The Bertz CT molecular complexity index is 464. The maximum Gasteiger partial charge on any atom is 0.218 e. The molecule has 0 radical (unpaired) electrons. The highest BCUT2D eigenvalue weighted by Gasteiger charge is 2.21. The highest BCUT2D eigenvalue weighted by molar-refractivity contribution is 7.88. The summed E-state index contributed by atoms with van der Waals surface area (Å²) in [6, 6.07) is 4.97. The lowest BCUT2D eigenvalue weighted by Gasteiger charge is -2.19. The van der Waals surface area contributed by atoms with Gasteiger partial charge in [-0.05, 0) is 12.1 Å². The van der Waals surface area contributed by atoms with Gasteiger partial charge in [0.25, 0.3) is 0 Å². The molecule has 0 spiro atoms. The number of rotatable bonds is 5. The lowest BCUT2D eigenvalue weighted by molar-refractivity contribution is 0.444. The van der Waals surface area contributed by atoms with Crippen LogP contribution in [0.5, 0.6) is 0 Å². The van der Waals surface area contributed by atoms with E-state index in [0.717, 1.165) is 0 Å². The van der Waals surface area contributed by atoms with E-state index in [-0.39, 0.29) is 5.75 Å². The minimum Gasteiger partial charge on any atom is -0.212 e. The van der Waals surface area contributed by atoms with Crippen molar-refractivity contribution in [3.63, 3.8) is 0 Å². The van der Waals surface area contributed by atoms with Crippen LogP contribution in [-0.4, -0.2) is 25.8 Å². The third-order valence-corrected chi connectivity index (χ3v) is 5.15. The van der Waals surface area contributed by atoms with Gasteiger partial charge in [-0.25, -0.2) is 12.7 Å². The van der Waals surface area contributed by atoms with Gasteiger partial charge in [-0.3, -0.25) is 0 Å². The van der Waals surface area contributed by atoms with Gasteiger partial charge in [-0.1, -0.05) is 43.1 Å². The van der Waals surface area contributed by atoms with Crippen molar-refractivity contribution in [2.24, 2.45) is 0 Å². The Morgan fingerprint density at radius 1 is 1.12 bits per heavy atom. The Hall–Kier alpha value is -0.290. The molecule has 0 saturated carbocycles. The normalized spacial score (nSPS) is 12.1. The van der Waals surface area contributed by atoms with E-state index in [1.165, 1.54) is 4.31 Å². The van der Waals surface area contributed by atoms with Gasteiger partial charge in [0, 0.05) is 28.7 Å². The highest BCUT2D eigenvalue weighted by Crippen LogP contribution is 2.27. The van der Waals surface area contributed by atoms with Crippen LogP contribution in [0.4, 0.5) is 0 Å². The summed E-state index contributed by atoms with van der Waals surface area (Å²) in [7, 11) is -3.36. The number of sulfonamides is 1. The average molecular weight is 296 g/mol. The van der Waals surface area contributed by atoms with Crippen molar-refractivity contribution in [3.8, 4) is 0 Å². The zero-order chi connectivity index (χ0) is 13.1. The molecule has 0 aromatic heterocycles. The molecule has 0 atom stereocenters. The summed E-state index contributed by atoms with van der Waals surface area (Å²) in [5.41, 5.74) is 0.461. The summed E-state index contributed by atoms with van der Waals surface area (Å²) in [4.78, 5) is 0. The van der Waals surface area contributed by atoms with Crippen molar-refractivity contribution in [3.05, 3.63) is 33.8 Å². The lowest BCUT2D eigenvalue weighted by Crippen LogP contribution is -2.31. The van der Waals surface area contributed by atoms with Crippen LogP contribution < -0.4 is 0 Å². The number of benzene rings is 1. The third-order valence-electron chi connectivity index (χ3n) is 2.49. The summed E-state index contributed by atoms with van der Waals surface area (Å²) < 4.78 is 25.5. The van der Waals surface area contributed by atoms with Crippen LogP contribution in [0.25, 0.3) is 0 Å². The number of hydrogen-bond donors (Lipinski definition) is 0. The van der Waals surface area contributed by atoms with Crippen LogP contribution in [0.2, 0.25) is 10.0 Å². The average Bonchev–Trinajstić information content (AvgIpc) is 2.25. The van der Waals surface area contributed by atoms with Gasteiger partial charge in [0.2, 0.25) is 10.0 Å². The van der Waals surface area contributed by atoms with Crippen molar-refractivity contribution < 1.29 is 8.42 Å². The predicted molar refractivity (Wildman–Crippen MR) is 72.0 cm³/mol. The van der Waals surface area contributed by atoms with Crippen LogP contribution >= 0.6 is 23.2 Å². The molecule has 0 N–H and O–H groups in total. The first kappa shape index (κ1) is 14.8. The monoisotopic (exact) mass is 295 g/mol. The maximum atomic E-state index is 12.1. The van der Waals surface area contributed by atoms with Gasteiger partial charge in [-0.2, -0.15) is 0 Å². The van der Waals surface area contributed by atoms with E-state index < -0.39 is 10.0 Å². The molecule has 96 valence electrons. The molecule has 0 amide bonds. The summed E-state index contributed by atoms with van der Waals surface area (Å²) in [5, 5.41) is 0.765.